The predicted octanol–water partition coefficient (Wildman–Crippen LogP) is 3.65. The van der Waals surface area contributed by atoms with E-state index in [4.69, 9.17) is 4.74 Å². The third kappa shape index (κ3) is 2.45. The molecule has 0 aliphatic rings. The lowest BCUT2D eigenvalue weighted by Crippen LogP contribution is -2.11. The SMILES string of the molecule is COc1ccc(S(=O)(=O)n2ccc3cc(Br)ccc32)cc1. The zero-order valence-corrected chi connectivity index (χ0v) is 13.6. The molecule has 1 aromatic heterocycles. The van der Waals surface area contributed by atoms with E-state index in [0.717, 1.165) is 9.86 Å². The summed E-state index contributed by atoms with van der Waals surface area (Å²) in [4.78, 5) is 0.226. The first-order chi connectivity index (χ1) is 10.0. The van der Waals surface area contributed by atoms with Crippen LogP contribution in [0.1, 0.15) is 0 Å². The largest absolute Gasteiger partial charge is 0.497 e. The van der Waals surface area contributed by atoms with Crippen molar-refractivity contribution < 1.29 is 13.2 Å². The van der Waals surface area contributed by atoms with Gasteiger partial charge in [0.15, 0.2) is 0 Å². The zero-order chi connectivity index (χ0) is 15.0. The molecule has 3 aromatic rings. The third-order valence-electron chi connectivity index (χ3n) is 3.23. The third-order valence-corrected chi connectivity index (χ3v) is 5.43. The smallest absolute Gasteiger partial charge is 0.268 e. The number of ether oxygens (including phenoxy) is 1. The van der Waals surface area contributed by atoms with E-state index >= 15 is 0 Å². The first-order valence-electron chi connectivity index (χ1n) is 6.18. The average Bonchev–Trinajstić information content (AvgIpc) is 2.91. The highest BCUT2D eigenvalue weighted by Gasteiger charge is 2.18. The number of hydrogen-bond donors (Lipinski definition) is 0. The highest BCUT2D eigenvalue weighted by Crippen LogP contribution is 2.25. The van der Waals surface area contributed by atoms with Gasteiger partial charge in [0, 0.05) is 16.1 Å². The number of fused-ring (bicyclic) bond motifs is 1. The van der Waals surface area contributed by atoms with Crippen LogP contribution in [0.15, 0.2) is 64.1 Å². The molecule has 0 spiro atoms. The summed E-state index contributed by atoms with van der Waals surface area (Å²) >= 11 is 3.38. The molecular formula is C15H12BrNO3S. The standard InChI is InChI=1S/C15H12BrNO3S/c1-20-13-3-5-14(6-4-13)21(18,19)17-9-8-11-10-12(16)2-7-15(11)17/h2-10H,1H3. The van der Waals surface area contributed by atoms with Gasteiger partial charge in [-0.2, -0.15) is 0 Å². The van der Waals surface area contributed by atoms with Crippen LogP contribution in [0.4, 0.5) is 0 Å². The van der Waals surface area contributed by atoms with Gasteiger partial charge in [-0.1, -0.05) is 15.9 Å². The summed E-state index contributed by atoms with van der Waals surface area (Å²) in [7, 11) is -2.07. The van der Waals surface area contributed by atoms with Gasteiger partial charge in [0.1, 0.15) is 5.75 Å². The van der Waals surface area contributed by atoms with Gasteiger partial charge >= 0.3 is 0 Å². The van der Waals surface area contributed by atoms with Crippen molar-refractivity contribution >= 4 is 36.9 Å². The molecule has 108 valence electrons. The van der Waals surface area contributed by atoms with Crippen molar-refractivity contribution in [1.29, 1.82) is 0 Å². The minimum Gasteiger partial charge on any atom is -0.497 e. The number of aromatic nitrogens is 1. The highest BCUT2D eigenvalue weighted by molar-refractivity contribution is 9.10. The molecule has 0 amide bonds. The summed E-state index contributed by atoms with van der Waals surface area (Å²) in [6.07, 6.45) is 1.57. The summed E-state index contributed by atoms with van der Waals surface area (Å²) in [6.45, 7) is 0. The topological polar surface area (TPSA) is 48.3 Å². The molecule has 3 rings (SSSR count). The van der Waals surface area contributed by atoms with E-state index in [0.29, 0.717) is 11.3 Å². The van der Waals surface area contributed by atoms with Crippen LogP contribution in [0, 0.1) is 0 Å². The molecule has 1 heterocycles. The van der Waals surface area contributed by atoms with Crippen LogP contribution in [0.5, 0.6) is 5.75 Å². The van der Waals surface area contributed by atoms with Crippen LogP contribution < -0.4 is 4.74 Å². The Morgan fingerprint density at radius 1 is 1.05 bits per heavy atom. The molecule has 0 bridgehead atoms. The molecule has 21 heavy (non-hydrogen) atoms. The zero-order valence-electron chi connectivity index (χ0n) is 11.2. The molecule has 0 saturated carbocycles. The van der Waals surface area contributed by atoms with Crippen LogP contribution in [0.2, 0.25) is 0 Å². The summed E-state index contributed by atoms with van der Waals surface area (Å²) in [5.74, 6) is 0.621. The Hall–Kier alpha value is -1.79. The first-order valence-corrected chi connectivity index (χ1v) is 8.42. The molecule has 0 radical (unpaired) electrons. The Morgan fingerprint density at radius 3 is 2.43 bits per heavy atom. The highest BCUT2D eigenvalue weighted by atomic mass is 79.9. The van der Waals surface area contributed by atoms with E-state index in [1.807, 2.05) is 12.1 Å². The molecule has 0 atom stereocenters. The van der Waals surface area contributed by atoms with E-state index in [-0.39, 0.29) is 4.90 Å². The van der Waals surface area contributed by atoms with Crippen molar-refractivity contribution in [3.05, 3.63) is 59.2 Å². The van der Waals surface area contributed by atoms with Gasteiger partial charge in [-0.05, 0) is 48.5 Å². The summed E-state index contributed by atoms with van der Waals surface area (Å²) in [5.41, 5.74) is 0.647. The van der Waals surface area contributed by atoms with Gasteiger partial charge in [0.05, 0.1) is 17.5 Å². The summed E-state index contributed by atoms with van der Waals surface area (Å²) in [6, 6.07) is 13.6. The average molecular weight is 366 g/mol. The molecule has 0 saturated heterocycles. The van der Waals surface area contributed by atoms with Crippen molar-refractivity contribution in [3.8, 4) is 5.75 Å². The van der Waals surface area contributed by atoms with Crippen molar-refractivity contribution in [2.75, 3.05) is 7.11 Å². The molecule has 0 N–H and O–H groups in total. The van der Waals surface area contributed by atoms with Crippen molar-refractivity contribution in [1.82, 2.24) is 3.97 Å². The number of benzene rings is 2. The monoisotopic (exact) mass is 365 g/mol. The van der Waals surface area contributed by atoms with Gasteiger partial charge in [-0.3, -0.25) is 0 Å². The number of hydrogen-bond acceptors (Lipinski definition) is 3. The van der Waals surface area contributed by atoms with Crippen LogP contribution in [-0.2, 0) is 10.0 Å². The minimum atomic E-state index is -3.61. The van der Waals surface area contributed by atoms with Gasteiger partial charge in [0.2, 0.25) is 0 Å². The minimum absolute atomic E-state index is 0.226. The lowest BCUT2D eigenvalue weighted by molar-refractivity contribution is 0.414. The quantitative estimate of drug-likeness (QED) is 0.711. The molecule has 0 aliphatic carbocycles. The number of nitrogens with zero attached hydrogens (tertiary/aromatic N) is 1. The van der Waals surface area contributed by atoms with Crippen LogP contribution >= 0.6 is 15.9 Å². The van der Waals surface area contributed by atoms with E-state index < -0.39 is 10.0 Å². The van der Waals surface area contributed by atoms with Crippen LogP contribution in [0.25, 0.3) is 10.9 Å². The first kappa shape index (κ1) is 14.2. The predicted molar refractivity (Wildman–Crippen MR) is 85.2 cm³/mol. The second-order valence-electron chi connectivity index (χ2n) is 4.50. The Labute approximate surface area is 131 Å². The molecule has 0 aliphatic heterocycles. The molecule has 6 heteroatoms. The normalized spacial score (nSPS) is 11.7. The Balaban J connectivity index is 2.15. The molecule has 0 unspecified atom stereocenters. The number of halogens is 1. The lowest BCUT2D eigenvalue weighted by atomic mass is 10.3. The Morgan fingerprint density at radius 2 is 1.76 bits per heavy atom. The van der Waals surface area contributed by atoms with Gasteiger partial charge < -0.3 is 4.74 Å². The lowest BCUT2D eigenvalue weighted by Gasteiger charge is -2.08. The van der Waals surface area contributed by atoms with E-state index in [9.17, 15) is 8.42 Å². The summed E-state index contributed by atoms with van der Waals surface area (Å²) < 4.78 is 32.7. The van der Waals surface area contributed by atoms with Gasteiger partial charge in [-0.15, -0.1) is 0 Å². The van der Waals surface area contributed by atoms with Gasteiger partial charge in [-0.25, -0.2) is 12.4 Å². The van der Waals surface area contributed by atoms with Crippen LogP contribution in [0.3, 0.4) is 0 Å². The molecular weight excluding hydrogens is 354 g/mol. The second-order valence-corrected chi connectivity index (χ2v) is 7.23. The molecule has 0 fully saturated rings. The van der Waals surface area contributed by atoms with E-state index in [1.165, 1.54) is 3.97 Å². The summed E-state index contributed by atoms with van der Waals surface area (Å²) in [5, 5.41) is 0.862. The molecule has 2 aromatic carbocycles. The molecule has 4 nitrogen and oxygen atoms in total. The van der Waals surface area contributed by atoms with Crippen molar-refractivity contribution in [2.24, 2.45) is 0 Å². The Kier molecular flexibility index (Phi) is 3.51. The fourth-order valence-corrected chi connectivity index (χ4v) is 3.89. The fraction of sp³-hybridized carbons (Fsp3) is 0.0667. The van der Waals surface area contributed by atoms with E-state index in [1.54, 1.807) is 49.7 Å². The van der Waals surface area contributed by atoms with Crippen LogP contribution in [-0.4, -0.2) is 19.5 Å². The van der Waals surface area contributed by atoms with Gasteiger partial charge in [0.25, 0.3) is 10.0 Å². The van der Waals surface area contributed by atoms with Crippen molar-refractivity contribution in [2.45, 2.75) is 4.90 Å². The van der Waals surface area contributed by atoms with E-state index in [2.05, 4.69) is 15.9 Å². The van der Waals surface area contributed by atoms with Crippen molar-refractivity contribution in [3.63, 3.8) is 0 Å². The number of methoxy groups -OCH3 is 1. The maximum Gasteiger partial charge on any atom is 0.268 e. The second kappa shape index (κ2) is 5.20. The maximum absolute atomic E-state index is 12.7. The Bertz CT molecular complexity index is 898. The fourth-order valence-electron chi connectivity index (χ4n) is 2.16. The maximum atomic E-state index is 12.7. The number of rotatable bonds is 3.